The molecule has 0 radical (unpaired) electrons. The summed E-state index contributed by atoms with van der Waals surface area (Å²) in [6.45, 7) is 7.23. The molecule has 106 valence electrons. The first-order valence-corrected chi connectivity index (χ1v) is 7.50. The number of hydrogen-bond donors (Lipinski definition) is 1. The number of rotatable bonds is 6. The Morgan fingerprint density at radius 1 is 1.47 bits per heavy atom. The van der Waals surface area contributed by atoms with E-state index in [2.05, 4.69) is 17.1 Å². The second-order valence-electron chi connectivity index (χ2n) is 4.93. The van der Waals surface area contributed by atoms with Crippen LogP contribution in [0.5, 0.6) is 5.75 Å². The molecule has 4 heteroatoms. The van der Waals surface area contributed by atoms with Gasteiger partial charge in [0.25, 0.3) is 0 Å². The highest BCUT2D eigenvalue weighted by molar-refractivity contribution is 6.30. The number of halogens is 1. The lowest BCUT2D eigenvalue weighted by Gasteiger charge is -2.33. The highest BCUT2D eigenvalue weighted by Crippen LogP contribution is 2.17. The first-order valence-electron chi connectivity index (χ1n) is 7.12. The highest BCUT2D eigenvalue weighted by Gasteiger charge is 2.19. The lowest BCUT2D eigenvalue weighted by molar-refractivity contribution is 0.144. The minimum Gasteiger partial charge on any atom is -0.492 e. The van der Waals surface area contributed by atoms with E-state index in [4.69, 9.17) is 16.3 Å². The molecule has 0 bridgehead atoms. The van der Waals surface area contributed by atoms with E-state index in [-0.39, 0.29) is 0 Å². The third-order valence-corrected chi connectivity index (χ3v) is 3.87. The maximum atomic E-state index is 5.94. The van der Waals surface area contributed by atoms with Crippen molar-refractivity contribution in [3.8, 4) is 5.75 Å². The summed E-state index contributed by atoms with van der Waals surface area (Å²) >= 11 is 5.94. The summed E-state index contributed by atoms with van der Waals surface area (Å²) in [7, 11) is 0. The molecule has 3 nitrogen and oxygen atoms in total. The van der Waals surface area contributed by atoms with E-state index < -0.39 is 0 Å². The summed E-state index contributed by atoms with van der Waals surface area (Å²) in [6.07, 6.45) is 2.56. The molecule has 1 aliphatic heterocycles. The van der Waals surface area contributed by atoms with Crippen molar-refractivity contribution in [1.82, 2.24) is 10.2 Å². The predicted molar refractivity (Wildman–Crippen MR) is 80.1 cm³/mol. The molecule has 0 aliphatic carbocycles. The molecule has 1 aliphatic rings. The molecule has 1 fully saturated rings. The summed E-state index contributed by atoms with van der Waals surface area (Å²) < 4.78 is 5.76. The maximum absolute atomic E-state index is 5.94. The number of nitrogens with one attached hydrogen (secondary N) is 1. The molecule has 2 rings (SSSR count). The monoisotopic (exact) mass is 282 g/mol. The number of ether oxygens (including phenoxy) is 1. The van der Waals surface area contributed by atoms with Crippen molar-refractivity contribution in [3.63, 3.8) is 0 Å². The average molecular weight is 283 g/mol. The first kappa shape index (κ1) is 14.6. The third-order valence-electron chi connectivity index (χ3n) is 3.64. The van der Waals surface area contributed by atoms with E-state index in [1.54, 1.807) is 0 Å². The minimum atomic E-state index is 0.654. The maximum Gasteiger partial charge on any atom is 0.120 e. The predicted octanol–water partition coefficient (Wildman–Crippen LogP) is 2.79. The van der Waals surface area contributed by atoms with Gasteiger partial charge < -0.3 is 10.1 Å². The van der Waals surface area contributed by atoms with Gasteiger partial charge in [-0.25, -0.2) is 0 Å². The zero-order valence-corrected chi connectivity index (χ0v) is 12.3. The van der Waals surface area contributed by atoms with E-state index in [1.165, 1.54) is 12.8 Å². The molecule has 0 amide bonds. The highest BCUT2D eigenvalue weighted by atomic mass is 35.5. The van der Waals surface area contributed by atoms with Crippen molar-refractivity contribution in [2.45, 2.75) is 25.8 Å². The van der Waals surface area contributed by atoms with Crippen molar-refractivity contribution >= 4 is 11.6 Å². The number of benzene rings is 1. The zero-order valence-electron chi connectivity index (χ0n) is 11.6. The van der Waals surface area contributed by atoms with E-state index in [0.717, 1.165) is 37.0 Å². The van der Waals surface area contributed by atoms with Gasteiger partial charge in [-0.2, -0.15) is 0 Å². The SMILES string of the molecule is CCN(CCOc1cccc(Cl)c1)C1CCCNC1. The van der Waals surface area contributed by atoms with Crippen LogP contribution in [0.2, 0.25) is 5.02 Å². The quantitative estimate of drug-likeness (QED) is 0.868. The largest absolute Gasteiger partial charge is 0.492 e. The molecule has 1 saturated heterocycles. The van der Waals surface area contributed by atoms with E-state index in [1.807, 2.05) is 24.3 Å². The van der Waals surface area contributed by atoms with Crippen LogP contribution in [-0.2, 0) is 0 Å². The van der Waals surface area contributed by atoms with Gasteiger partial charge in [-0.1, -0.05) is 24.6 Å². The van der Waals surface area contributed by atoms with Crippen LogP contribution < -0.4 is 10.1 Å². The first-order chi connectivity index (χ1) is 9.29. The summed E-state index contributed by atoms with van der Waals surface area (Å²) in [5.74, 6) is 0.852. The Hall–Kier alpha value is -0.770. The zero-order chi connectivity index (χ0) is 13.5. The number of hydrogen-bond acceptors (Lipinski definition) is 3. The van der Waals surface area contributed by atoms with E-state index in [0.29, 0.717) is 12.6 Å². The normalized spacial score (nSPS) is 19.6. The Morgan fingerprint density at radius 2 is 2.37 bits per heavy atom. The van der Waals surface area contributed by atoms with Crippen molar-refractivity contribution in [1.29, 1.82) is 0 Å². The van der Waals surface area contributed by atoms with Crippen LogP contribution >= 0.6 is 11.6 Å². The lowest BCUT2D eigenvalue weighted by Crippen LogP contribution is -2.47. The number of piperidine rings is 1. The van der Waals surface area contributed by atoms with E-state index >= 15 is 0 Å². The average Bonchev–Trinajstić information content (AvgIpc) is 2.45. The molecule has 1 atom stereocenters. The molecule has 0 spiro atoms. The smallest absolute Gasteiger partial charge is 0.120 e. The number of nitrogens with zero attached hydrogens (tertiary/aromatic N) is 1. The second kappa shape index (κ2) is 7.73. The lowest BCUT2D eigenvalue weighted by atomic mass is 10.1. The molecule has 1 aromatic carbocycles. The summed E-state index contributed by atoms with van der Waals surface area (Å²) in [6, 6.07) is 8.24. The molecular weight excluding hydrogens is 260 g/mol. The van der Waals surface area contributed by atoms with Gasteiger partial charge in [0, 0.05) is 24.2 Å². The van der Waals surface area contributed by atoms with Crippen LogP contribution in [0, 0.1) is 0 Å². The Morgan fingerprint density at radius 3 is 3.05 bits per heavy atom. The fourth-order valence-corrected chi connectivity index (χ4v) is 2.76. The minimum absolute atomic E-state index is 0.654. The van der Waals surface area contributed by atoms with Crippen molar-refractivity contribution in [3.05, 3.63) is 29.3 Å². The van der Waals surface area contributed by atoms with Crippen LogP contribution in [0.15, 0.2) is 24.3 Å². The van der Waals surface area contributed by atoms with Gasteiger partial charge in [0.1, 0.15) is 12.4 Å². The third kappa shape index (κ3) is 4.68. The molecule has 19 heavy (non-hydrogen) atoms. The van der Waals surface area contributed by atoms with Gasteiger partial charge in [0.15, 0.2) is 0 Å². The van der Waals surface area contributed by atoms with Crippen LogP contribution in [0.4, 0.5) is 0 Å². The fourth-order valence-electron chi connectivity index (χ4n) is 2.58. The van der Waals surface area contributed by atoms with Crippen LogP contribution in [-0.4, -0.2) is 43.7 Å². The second-order valence-corrected chi connectivity index (χ2v) is 5.37. The molecular formula is C15H23ClN2O. The van der Waals surface area contributed by atoms with Crippen molar-refractivity contribution < 1.29 is 4.74 Å². The van der Waals surface area contributed by atoms with Crippen molar-refractivity contribution in [2.24, 2.45) is 0 Å². The van der Waals surface area contributed by atoms with Gasteiger partial charge in [-0.15, -0.1) is 0 Å². The van der Waals surface area contributed by atoms with Gasteiger partial charge >= 0.3 is 0 Å². The molecule has 1 N–H and O–H groups in total. The Bertz CT molecular complexity index is 380. The van der Waals surface area contributed by atoms with Gasteiger partial charge in [-0.3, -0.25) is 4.90 Å². The Kier molecular flexibility index (Phi) is 5.95. The summed E-state index contributed by atoms with van der Waals surface area (Å²) in [5.41, 5.74) is 0. The standard InChI is InChI=1S/C15H23ClN2O/c1-2-18(14-6-4-8-17-12-14)9-10-19-15-7-3-5-13(16)11-15/h3,5,7,11,14,17H,2,4,6,8-10,12H2,1H3. The molecule has 0 saturated carbocycles. The summed E-state index contributed by atoms with van der Waals surface area (Å²) in [5, 5.41) is 4.19. The van der Waals surface area contributed by atoms with Crippen LogP contribution in [0.3, 0.4) is 0 Å². The Labute approximate surface area is 120 Å². The van der Waals surface area contributed by atoms with Gasteiger partial charge in [-0.05, 0) is 44.1 Å². The Balaban J connectivity index is 1.76. The molecule has 1 heterocycles. The summed E-state index contributed by atoms with van der Waals surface area (Å²) in [4.78, 5) is 2.50. The van der Waals surface area contributed by atoms with Crippen LogP contribution in [0.25, 0.3) is 0 Å². The fraction of sp³-hybridized carbons (Fsp3) is 0.600. The molecule has 0 aromatic heterocycles. The van der Waals surface area contributed by atoms with E-state index in [9.17, 15) is 0 Å². The van der Waals surface area contributed by atoms with Crippen LogP contribution in [0.1, 0.15) is 19.8 Å². The number of likely N-dealkylation sites (N-methyl/N-ethyl adjacent to an activating group) is 1. The molecule has 1 unspecified atom stereocenters. The molecule has 1 aromatic rings. The topological polar surface area (TPSA) is 24.5 Å². The van der Waals surface area contributed by atoms with Crippen molar-refractivity contribution in [2.75, 3.05) is 32.8 Å². The van der Waals surface area contributed by atoms with Gasteiger partial charge in [0.2, 0.25) is 0 Å². The van der Waals surface area contributed by atoms with Gasteiger partial charge in [0.05, 0.1) is 0 Å².